The van der Waals surface area contributed by atoms with Crippen LogP contribution in [0.4, 0.5) is 0 Å². The maximum Gasteiger partial charge on any atom is 0.113 e. The van der Waals surface area contributed by atoms with Crippen LogP contribution in [0.1, 0.15) is 29.0 Å². The highest BCUT2D eigenvalue weighted by Crippen LogP contribution is 2.24. The minimum absolute atomic E-state index is 1.25. The molecule has 78 valence electrons. The number of quaternary nitrogens is 1. The lowest BCUT2D eigenvalue weighted by molar-refractivity contribution is -0.926. The molecule has 0 unspecified atom stereocenters. The molecular formula is C12H20NS+. The van der Waals surface area contributed by atoms with Gasteiger partial charge in [-0.1, -0.05) is 0 Å². The van der Waals surface area contributed by atoms with Crippen LogP contribution in [0.25, 0.3) is 0 Å². The molecule has 1 fully saturated rings. The van der Waals surface area contributed by atoms with Gasteiger partial charge in [-0.25, -0.2) is 0 Å². The number of likely N-dealkylation sites (tertiary alicyclic amines) is 1. The molecular weight excluding hydrogens is 190 g/mol. The summed E-state index contributed by atoms with van der Waals surface area (Å²) in [6, 6.07) is 4.55. The Bertz CT molecular complexity index is 297. The summed E-state index contributed by atoms with van der Waals surface area (Å²) in [6.45, 7) is 6.19. The number of aryl methyl sites for hydroxylation is 1. The number of thiophene rings is 1. The second-order valence-electron chi connectivity index (χ2n) is 4.80. The van der Waals surface area contributed by atoms with E-state index in [-0.39, 0.29) is 0 Å². The molecule has 0 aromatic carbocycles. The van der Waals surface area contributed by atoms with E-state index in [0.29, 0.717) is 0 Å². The van der Waals surface area contributed by atoms with Crippen LogP contribution in [-0.2, 0) is 6.54 Å². The number of nitrogens with zero attached hydrogens (tertiary/aromatic N) is 1. The van der Waals surface area contributed by atoms with E-state index in [1.54, 1.807) is 4.88 Å². The molecule has 1 aliphatic rings. The highest BCUT2D eigenvalue weighted by atomic mass is 32.1. The van der Waals surface area contributed by atoms with E-state index in [0.717, 1.165) is 0 Å². The summed E-state index contributed by atoms with van der Waals surface area (Å²) in [5, 5.41) is 0. The summed E-state index contributed by atoms with van der Waals surface area (Å²) >= 11 is 1.96. The highest BCUT2D eigenvalue weighted by molar-refractivity contribution is 7.11. The van der Waals surface area contributed by atoms with Crippen molar-refractivity contribution in [3.8, 4) is 0 Å². The van der Waals surface area contributed by atoms with Crippen LogP contribution < -0.4 is 0 Å². The van der Waals surface area contributed by atoms with Gasteiger partial charge in [0.05, 0.1) is 25.0 Å². The van der Waals surface area contributed by atoms with Crippen molar-refractivity contribution in [2.45, 2.75) is 32.7 Å². The zero-order valence-electron chi connectivity index (χ0n) is 9.25. The van der Waals surface area contributed by atoms with E-state index in [2.05, 4.69) is 26.1 Å². The largest absolute Gasteiger partial charge is 0.322 e. The first-order valence-electron chi connectivity index (χ1n) is 5.57. The molecule has 2 heteroatoms. The Hall–Kier alpha value is -0.340. The zero-order chi connectivity index (χ0) is 10.0. The monoisotopic (exact) mass is 210 g/mol. The van der Waals surface area contributed by atoms with Crippen molar-refractivity contribution in [3.63, 3.8) is 0 Å². The summed E-state index contributed by atoms with van der Waals surface area (Å²) < 4.78 is 1.26. The molecule has 0 spiro atoms. The first-order chi connectivity index (χ1) is 6.68. The standard InChI is InChI=1S/C12H20NS/c1-11-6-7-12(14-11)10-13(2)8-4-3-5-9-13/h6-7H,3-5,8-10H2,1-2H3/q+1. The SMILES string of the molecule is Cc1ccc(C[N+]2(C)CCCCC2)s1. The highest BCUT2D eigenvalue weighted by Gasteiger charge is 2.25. The van der Waals surface area contributed by atoms with Crippen LogP contribution in [0.5, 0.6) is 0 Å². The minimum Gasteiger partial charge on any atom is -0.322 e. The summed E-state index contributed by atoms with van der Waals surface area (Å²) in [6.07, 6.45) is 4.28. The van der Waals surface area contributed by atoms with Crippen molar-refractivity contribution >= 4 is 11.3 Å². The minimum atomic E-state index is 1.25. The molecule has 2 rings (SSSR count). The Labute approximate surface area is 91.0 Å². The molecule has 1 aromatic heterocycles. The molecule has 1 aliphatic heterocycles. The molecule has 0 aliphatic carbocycles. The van der Waals surface area contributed by atoms with Crippen molar-refractivity contribution < 1.29 is 4.48 Å². The predicted molar refractivity (Wildman–Crippen MR) is 62.5 cm³/mol. The third-order valence-corrected chi connectivity index (χ3v) is 4.21. The van der Waals surface area contributed by atoms with Gasteiger partial charge in [-0.2, -0.15) is 0 Å². The normalized spacial score (nSPS) is 21.0. The summed E-state index contributed by atoms with van der Waals surface area (Å²) in [5.74, 6) is 0. The van der Waals surface area contributed by atoms with Crippen molar-refractivity contribution in [2.75, 3.05) is 20.1 Å². The average molecular weight is 210 g/mol. The summed E-state index contributed by atoms with van der Waals surface area (Å²) in [7, 11) is 2.41. The molecule has 0 bridgehead atoms. The lowest BCUT2D eigenvalue weighted by atomic mass is 10.1. The van der Waals surface area contributed by atoms with Crippen molar-refractivity contribution in [3.05, 3.63) is 21.9 Å². The van der Waals surface area contributed by atoms with Gasteiger partial charge in [-0.05, 0) is 38.3 Å². The smallest absolute Gasteiger partial charge is 0.113 e. The van der Waals surface area contributed by atoms with E-state index in [9.17, 15) is 0 Å². The van der Waals surface area contributed by atoms with Gasteiger partial charge in [0.1, 0.15) is 6.54 Å². The van der Waals surface area contributed by atoms with Crippen LogP contribution in [0.15, 0.2) is 12.1 Å². The number of piperidine rings is 1. The molecule has 1 nitrogen and oxygen atoms in total. The fourth-order valence-electron chi connectivity index (χ4n) is 2.38. The number of rotatable bonds is 2. The van der Waals surface area contributed by atoms with Crippen molar-refractivity contribution in [1.82, 2.24) is 0 Å². The molecule has 2 heterocycles. The van der Waals surface area contributed by atoms with Crippen LogP contribution in [0.3, 0.4) is 0 Å². The van der Waals surface area contributed by atoms with Gasteiger partial charge in [-0.3, -0.25) is 0 Å². The van der Waals surface area contributed by atoms with Gasteiger partial charge >= 0.3 is 0 Å². The topological polar surface area (TPSA) is 0 Å². The van der Waals surface area contributed by atoms with Crippen LogP contribution in [0, 0.1) is 6.92 Å². The second-order valence-corrected chi connectivity index (χ2v) is 6.17. The van der Waals surface area contributed by atoms with Crippen LogP contribution in [-0.4, -0.2) is 24.6 Å². The quantitative estimate of drug-likeness (QED) is 0.658. The average Bonchev–Trinajstić information content (AvgIpc) is 2.51. The van der Waals surface area contributed by atoms with Crippen molar-refractivity contribution in [1.29, 1.82) is 0 Å². The molecule has 0 amide bonds. The molecule has 0 saturated carbocycles. The Balaban J connectivity index is 2.01. The van der Waals surface area contributed by atoms with Gasteiger partial charge in [-0.15, -0.1) is 11.3 Å². The Morgan fingerprint density at radius 1 is 1.21 bits per heavy atom. The van der Waals surface area contributed by atoms with Crippen LogP contribution in [0.2, 0.25) is 0 Å². The molecule has 1 saturated heterocycles. The van der Waals surface area contributed by atoms with Gasteiger partial charge in [0.15, 0.2) is 0 Å². The zero-order valence-corrected chi connectivity index (χ0v) is 10.1. The molecule has 0 atom stereocenters. The van der Waals surface area contributed by atoms with Gasteiger partial charge in [0, 0.05) is 4.88 Å². The molecule has 0 radical (unpaired) electrons. The maximum absolute atomic E-state index is 2.41. The van der Waals surface area contributed by atoms with E-state index in [4.69, 9.17) is 0 Å². The van der Waals surface area contributed by atoms with Gasteiger partial charge in [0.2, 0.25) is 0 Å². The van der Waals surface area contributed by atoms with E-state index < -0.39 is 0 Å². The van der Waals surface area contributed by atoms with Gasteiger partial charge in [0.25, 0.3) is 0 Å². The van der Waals surface area contributed by atoms with Crippen molar-refractivity contribution in [2.24, 2.45) is 0 Å². The maximum atomic E-state index is 2.41. The first-order valence-corrected chi connectivity index (χ1v) is 6.38. The first kappa shape index (κ1) is 10.2. The lowest BCUT2D eigenvalue weighted by Crippen LogP contribution is -2.46. The summed E-state index contributed by atoms with van der Waals surface area (Å²) in [5.41, 5.74) is 0. The lowest BCUT2D eigenvalue weighted by Gasteiger charge is -2.37. The molecule has 1 aromatic rings. The number of hydrogen-bond acceptors (Lipinski definition) is 1. The van der Waals surface area contributed by atoms with E-state index >= 15 is 0 Å². The second kappa shape index (κ2) is 4.03. The Morgan fingerprint density at radius 3 is 2.50 bits per heavy atom. The van der Waals surface area contributed by atoms with Gasteiger partial charge < -0.3 is 4.48 Å². The molecule has 0 N–H and O–H groups in total. The van der Waals surface area contributed by atoms with E-state index in [1.165, 1.54) is 48.3 Å². The fourth-order valence-corrected chi connectivity index (χ4v) is 3.44. The third kappa shape index (κ3) is 2.37. The predicted octanol–water partition coefficient (Wildman–Crippen LogP) is 3.19. The Morgan fingerprint density at radius 2 is 1.93 bits per heavy atom. The third-order valence-electron chi connectivity index (χ3n) is 3.23. The molecule has 14 heavy (non-hydrogen) atoms. The van der Waals surface area contributed by atoms with Crippen LogP contribution >= 0.6 is 11.3 Å². The number of hydrogen-bond donors (Lipinski definition) is 0. The van der Waals surface area contributed by atoms with E-state index in [1.807, 2.05) is 11.3 Å². The Kier molecular flexibility index (Phi) is 2.93. The fraction of sp³-hybridized carbons (Fsp3) is 0.667. The summed E-state index contributed by atoms with van der Waals surface area (Å²) in [4.78, 5) is 3.01.